The van der Waals surface area contributed by atoms with Crippen molar-refractivity contribution in [2.45, 2.75) is 25.0 Å². The second-order valence-corrected chi connectivity index (χ2v) is 3.76. The highest BCUT2D eigenvalue weighted by Gasteiger charge is 2.25. The lowest BCUT2D eigenvalue weighted by molar-refractivity contribution is 0.0495. The van der Waals surface area contributed by atoms with Crippen molar-refractivity contribution < 1.29 is 13.5 Å². The summed E-state index contributed by atoms with van der Waals surface area (Å²) in [6.07, 6.45) is 1.41. The maximum Gasteiger partial charge on any atom is 0.126 e. The highest BCUT2D eigenvalue weighted by atomic mass is 19.1. The monoisotopic (exact) mass is 213 g/mol. The van der Waals surface area contributed by atoms with Crippen molar-refractivity contribution in [1.82, 2.24) is 0 Å². The zero-order valence-electron chi connectivity index (χ0n) is 8.25. The van der Waals surface area contributed by atoms with Crippen LogP contribution in [-0.2, 0) is 4.74 Å². The van der Waals surface area contributed by atoms with Crippen molar-refractivity contribution in [3.63, 3.8) is 0 Å². The Morgan fingerprint density at radius 1 is 1.20 bits per heavy atom. The summed E-state index contributed by atoms with van der Waals surface area (Å²) in [5.41, 5.74) is 6.02. The van der Waals surface area contributed by atoms with Gasteiger partial charge in [-0.05, 0) is 30.5 Å². The van der Waals surface area contributed by atoms with E-state index in [4.69, 9.17) is 10.5 Å². The fourth-order valence-electron chi connectivity index (χ4n) is 1.89. The van der Waals surface area contributed by atoms with Crippen LogP contribution in [0.3, 0.4) is 0 Å². The van der Waals surface area contributed by atoms with Gasteiger partial charge in [0.1, 0.15) is 11.6 Å². The minimum Gasteiger partial charge on any atom is -0.369 e. The van der Waals surface area contributed by atoms with Crippen LogP contribution in [0.2, 0.25) is 0 Å². The molecule has 0 aromatic heterocycles. The van der Waals surface area contributed by atoms with Gasteiger partial charge in [-0.15, -0.1) is 0 Å². The van der Waals surface area contributed by atoms with Crippen molar-refractivity contribution >= 4 is 0 Å². The predicted octanol–water partition coefficient (Wildman–Crippen LogP) is 2.14. The lowest BCUT2D eigenvalue weighted by Gasteiger charge is -2.12. The first-order valence-corrected chi connectivity index (χ1v) is 5.00. The van der Waals surface area contributed by atoms with E-state index in [1.54, 1.807) is 0 Å². The molecule has 0 bridgehead atoms. The third-order valence-corrected chi connectivity index (χ3v) is 2.63. The maximum absolute atomic E-state index is 12.9. The Balaban J connectivity index is 2.16. The smallest absolute Gasteiger partial charge is 0.126 e. The minimum absolute atomic E-state index is 0.0151. The third-order valence-electron chi connectivity index (χ3n) is 2.63. The number of halogens is 2. The Labute approximate surface area is 87.0 Å². The zero-order chi connectivity index (χ0) is 10.8. The molecule has 1 aromatic rings. The molecule has 1 saturated heterocycles. The van der Waals surface area contributed by atoms with Crippen LogP contribution < -0.4 is 5.73 Å². The molecule has 1 heterocycles. The SMILES string of the molecule is NC[C@H]1CC[C@@H](c2cc(F)cc(F)c2)O1. The first-order chi connectivity index (χ1) is 7.19. The largest absolute Gasteiger partial charge is 0.369 e. The molecule has 0 radical (unpaired) electrons. The average molecular weight is 213 g/mol. The van der Waals surface area contributed by atoms with E-state index in [2.05, 4.69) is 0 Å². The fourth-order valence-corrected chi connectivity index (χ4v) is 1.89. The summed E-state index contributed by atoms with van der Waals surface area (Å²) in [7, 11) is 0. The average Bonchev–Trinajstić information content (AvgIpc) is 2.64. The molecule has 2 atom stereocenters. The lowest BCUT2D eigenvalue weighted by atomic mass is 10.1. The number of nitrogens with two attached hydrogens (primary N) is 1. The summed E-state index contributed by atoms with van der Waals surface area (Å²) >= 11 is 0. The molecule has 0 spiro atoms. The van der Waals surface area contributed by atoms with E-state index in [0.717, 1.165) is 18.9 Å². The molecule has 0 saturated carbocycles. The Morgan fingerprint density at radius 3 is 2.40 bits per heavy atom. The molecule has 0 aliphatic carbocycles. The number of hydrogen-bond acceptors (Lipinski definition) is 2. The van der Waals surface area contributed by atoms with Crippen LogP contribution >= 0.6 is 0 Å². The van der Waals surface area contributed by atoms with E-state index in [1.165, 1.54) is 12.1 Å². The molecule has 2 nitrogen and oxygen atoms in total. The quantitative estimate of drug-likeness (QED) is 0.816. The van der Waals surface area contributed by atoms with Crippen molar-refractivity contribution in [2.75, 3.05) is 6.54 Å². The minimum atomic E-state index is -0.565. The first-order valence-electron chi connectivity index (χ1n) is 5.00. The van der Waals surface area contributed by atoms with Gasteiger partial charge in [-0.2, -0.15) is 0 Å². The first kappa shape index (κ1) is 10.5. The number of hydrogen-bond donors (Lipinski definition) is 1. The van der Waals surface area contributed by atoms with Gasteiger partial charge < -0.3 is 10.5 Å². The number of rotatable bonds is 2. The molecule has 2 rings (SSSR count). The van der Waals surface area contributed by atoms with Gasteiger partial charge in [0.2, 0.25) is 0 Å². The van der Waals surface area contributed by atoms with E-state index in [1.807, 2.05) is 0 Å². The van der Waals surface area contributed by atoms with E-state index in [0.29, 0.717) is 12.1 Å². The second kappa shape index (κ2) is 4.24. The van der Waals surface area contributed by atoms with Crippen molar-refractivity contribution in [2.24, 2.45) is 5.73 Å². The maximum atomic E-state index is 12.9. The molecule has 1 aliphatic heterocycles. The summed E-state index contributed by atoms with van der Waals surface area (Å²) in [6, 6.07) is 3.48. The van der Waals surface area contributed by atoms with E-state index < -0.39 is 11.6 Å². The molecule has 0 unspecified atom stereocenters. The highest BCUT2D eigenvalue weighted by Crippen LogP contribution is 2.32. The van der Waals surface area contributed by atoms with Gasteiger partial charge in [0.15, 0.2) is 0 Å². The van der Waals surface area contributed by atoms with Crippen LogP contribution in [0.15, 0.2) is 18.2 Å². The van der Waals surface area contributed by atoms with Gasteiger partial charge >= 0.3 is 0 Å². The summed E-state index contributed by atoms with van der Waals surface area (Å²) in [4.78, 5) is 0. The normalized spacial score (nSPS) is 25.8. The van der Waals surface area contributed by atoms with Crippen LogP contribution in [0.4, 0.5) is 8.78 Å². The van der Waals surface area contributed by atoms with Crippen LogP contribution in [0.25, 0.3) is 0 Å². The second-order valence-electron chi connectivity index (χ2n) is 3.76. The molecule has 2 N–H and O–H groups in total. The summed E-state index contributed by atoms with van der Waals surface area (Å²) in [5.74, 6) is -1.13. The molecule has 4 heteroatoms. The molecular weight excluding hydrogens is 200 g/mol. The molecular formula is C11H13F2NO. The lowest BCUT2D eigenvalue weighted by Crippen LogP contribution is -2.18. The van der Waals surface area contributed by atoms with Gasteiger partial charge in [0.05, 0.1) is 12.2 Å². The van der Waals surface area contributed by atoms with E-state index in [-0.39, 0.29) is 12.2 Å². The van der Waals surface area contributed by atoms with Gasteiger partial charge in [0.25, 0.3) is 0 Å². The Kier molecular flexibility index (Phi) is 2.98. The fraction of sp³-hybridized carbons (Fsp3) is 0.455. The number of ether oxygens (including phenoxy) is 1. The van der Waals surface area contributed by atoms with E-state index in [9.17, 15) is 8.78 Å². The van der Waals surface area contributed by atoms with Gasteiger partial charge in [-0.25, -0.2) is 8.78 Å². The topological polar surface area (TPSA) is 35.2 Å². The van der Waals surface area contributed by atoms with Crippen LogP contribution in [-0.4, -0.2) is 12.6 Å². The Bertz CT molecular complexity index is 336. The molecule has 1 aliphatic rings. The molecule has 1 fully saturated rings. The summed E-state index contributed by atoms with van der Waals surface area (Å²) in [5, 5.41) is 0. The van der Waals surface area contributed by atoms with Crippen molar-refractivity contribution in [1.29, 1.82) is 0 Å². The van der Waals surface area contributed by atoms with E-state index >= 15 is 0 Å². The highest BCUT2D eigenvalue weighted by molar-refractivity contribution is 5.21. The summed E-state index contributed by atoms with van der Waals surface area (Å²) < 4.78 is 31.4. The van der Waals surface area contributed by atoms with Crippen LogP contribution in [0.5, 0.6) is 0 Å². The molecule has 1 aromatic carbocycles. The Morgan fingerprint density at radius 2 is 1.87 bits per heavy atom. The summed E-state index contributed by atoms with van der Waals surface area (Å²) in [6.45, 7) is 0.453. The standard InChI is InChI=1S/C11H13F2NO/c12-8-3-7(4-9(13)5-8)11-2-1-10(6-14)15-11/h3-5,10-11H,1-2,6,14H2/t10-,11+/m1/s1. The van der Waals surface area contributed by atoms with Gasteiger partial charge in [-0.1, -0.05) is 0 Å². The van der Waals surface area contributed by atoms with Crippen molar-refractivity contribution in [3.8, 4) is 0 Å². The van der Waals surface area contributed by atoms with Gasteiger partial charge in [-0.3, -0.25) is 0 Å². The molecule has 82 valence electrons. The predicted molar refractivity (Wildman–Crippen MR) is 52.3 cm³/mol. The molecule has 0 amide bonds. The Hall–Kier alpha value is -1.00. The zero-order valence-corrected chi connectivity index (χ0v) is 8.25. The number of benzene rings is 1. The molecule has 15 heavy (non-hydrogen) atoms. The van der Waals surface area contributed by atoms with Crippen LogP contribution in [0, 0.1) is 11.6 Å². The third kappa shape index (κ3) is 2.33. The van der Waals surface area contributed by atoms with Crippen molar-refractivity contribution in [3.05, 3.63) is 35.4 Å². The van der Waals surface area contributed by atoms with Gasteiger partial charge in [0, 0.05) is 12.6 Å². The van der Waals surface area contributed by atoms with Crippen LogP contribution in [0.1, 0.15) is 24.5 Å².